The maximum absolute atomic E-state index is 14.2. The molecule has 2 saturated heterocycles. The molecule has 15 heteroatoms. The molecule has 3 aliphatic rings. The van der Waals surface area contributed by atoms with Gasteiger partial charge in [-0.25, -0.2) is 13.2 Å². The molecule has 5 rings (SSSR count). The molecule has 0 radical (unpaired) electrons. The van der Waals surface area contributed by atoms with Crippen LogP contribution in [0, 0.1) is 21.4 Å². The third kappa shape index (κ3) is 6.40. The second kappa shape index (κ2) is 12.3. The van der Waals surface area contributed by atoms with E-state index < -0.39 is 56.0 Å². The van der Waals surface area contributed by atoms with Gasteiger partial charge in [0, 0.05) is 31.8 Å². The Hall–Kier alpha value is -4.55. The van der Waals surface area contributed by atoms with Gasteiger partial charge in [-0.3, -0.25) is 19.7 Å². The average Bonchev–Trinajstić information content (AvgIpc) is 3.63. The molecule has 2 aromatic carbocycles. The maximum Gasteiger partial charge on any atom is 0.329 e. The van der Waals surface area contributed by atoms with Gasteiger partial charge < -0.3 is 19.3 Å². The topological polar surface area (TPSA) is 180 Å². The normalized spacial score (nSPS) is 20.2. The summed E-state index contributed by atoms with van der Waals surface area (Å²) in [5, 5.41) is 20.4. The van der Waals surface area contributed by atoms with E-state index in [9.17, 15) is 38.2 Å². The highest BCUT2D eigenvalue weighted by molar-refractivity contribution is 7.89. The van der Waals surface area contributed by atoms with Gasteiger partial charge in [0.1, 0.15) is 35.6 Å². The number of hydrogen-bond acceptors (Lipinski definition) is 10. The molecule has 2 amide bonds. The van der Waals surface area contributed by atoms with Crippen LogP contribution in [0.25, 0.3) is 0 Å². The Labute approximate surface area is 266 Å². The van der Waals surface area contributed by atoms with E-state index in [1.807, 2.05) is 6.07 Å². The number of nitriles is 1. The Bertz CT molecular complexity index is 1690. The van der Waals surface area contributed by atoms with Crippen molar-refractivity contribution in [1.82, 2.24) is 14.1 Å². The molecule has 0 bridgehead atoms. The van der Waals surface area contributed by atoms with Gasteiger partial charge in [0.2, 0.25) is 21.8 Å². The maximum atomic E-state index is 14.2. The van der Waals surface area contributed by atoms with E-state index in [1.54, 1.807) is 39.0 Å². The fourth-order valence-electron chi connectivity index (χ4n) is 5.95. The van der Waals surface area contributed by atoms with Crippen molar-refractivity contribution in [2.24, 2.45) is 0 Å². The van der Waals surface area contributed by atoms with E-state index in [-0.39, 0.29) is 49.7 Å². The van der Waals surface area contributed by atoms with Gasteiger partial charge >= 0.3 is 5.97 Å². The van der Waals surface area contributed by atoms with Gasteiger partial charge in [-0.05, 0) is 76.8 Å². The van der Waals surface area contributed by atoms with E-state index in [2.05, 4.69) is 0 Å². The minimum atomic E-state index is -4.22. The lowest BCUT2D eigenvalue weighted by atomic mass is 10.1. The van der Waals surface area contributed by atoms with Crippen LogP contribution in [0.4, 0.5) is 5.69 Å². The first-order chi connectivity index (χ1) is 21.7. The predicted molar refractivity (Wildman–Crippen MR) is 162 cm³/mol. The number of ether oxygens (including phenoxy) is 2. The number of benzene rings is 2. The number of rotatable bonds is 9. The van der Waals surface area contributed by atoms with E-state index in [0.29, 0.717) is 24.2 Å². The standard InChI is InChI=1S/C31H35N5O9S/c1-30(2,3)45-28(38)25-8-5-15-33(25)27(37)26(20-44-23-7-4-6-21(18-23)19-32)34-16-17-35(31(13-14-31)29(34)39)46(42,43)24-11-9-22(10-12-24)36(40)41/h4,6-7,9-12,18,25-26H,5,8,13-17,20H2,1-3H3/t25-,26-/m0/s1. The molecule has 2 aromatic rings. The molecule has 3 fully saturated rings. The smallest absolute Gasteiger partial charge is 0.329 e. The summed E-state index contributed by atoms with van der Waals surface area (Å²) in [6.07, 6.45) is 1.39. The molecular weight excluding hydrogens is 618 g/mol. The minimum Gasteiger partial charge on any atom is -0.491 e. The second-order valence-electron chi connectivity index (χ2n) is 12.5. The highest BCUT2D eigenvalue weighted by Gasteiger charge is 2.63. The lowest BCUT2D eigenvalue weighted by molar-refractivity contribution is -0.384. The molecule has 1 saturated carbocycles. The molecule has 2 heterocycles. The van der Waals surface area contributed by atoms with Crippen molar-refractivity contribution in [1.29, 1.82) is 5.26 Å². The lowest BCUT2D eigenvalue weighted by Crippen LogP contribution is -2.66. The fraction of sp³-hybridized carbons (Fsp3) is 0.484. The predicted octanol–water partition coefficient (Wildman–Crippen LogP) is 2.61. The molecule has 0 unspecified atom stereocenters. The van der Waals surface area contributed by atoms with Crippen LogP contribution < -0.4 is 4.74 Å². The number of non-ortho nitro benzene ring substituents is 1. The Kier molecular flexibility index (Phi) is 8.80. The second-order valence-corrected chi connectivity index (χ2v) is 14.4. The van der Waals surface area contributed by atoms with Gasteiger partial charge in [0.25, 0.3) is 5.69 Å². The summed E-state index contributed by atoms with van der Waals surface area (Å²) in [5.74, 6) is -1.34. The van der Waals surface area contributed by atoms with Gasteiger partial charge in [-0.2, -0.15) is 9.57 Å². The van der Waals surface area contributed by atoms with Crippen LogP contribution in [0.3, 0.4) is 0 Å². The van der Waals surface area contributed by atoms with Gasteiger partial charge in [0.15, 0.2) is 0 Å². The number of esters is 1. The molecule has 2 atom stereocenters. The number of carbonyl (C=O) groups excluding carboxylic acids is 3. The Balaban J connectivity index is 1.43. The van der Waals surface area contributed by atoms with Gasteiger partial charge in [-0.1, -0.05) is 6.07 Å². The summed E-state index contributed by atoms with van der Waals surface area (Å²) in [6.45, 7) is 4.88. The molecule has 244 valence electrons. The zero-order valence-corrected chi connectivity index (χ0v) is 26.6. The van der Waals surface area contributed by atoms with E-state index in [4.69, 9.17) is 9.47 Å². The minimum absolute atomic E-state index is 0.131. The van der Waals surface area contributed by atoms with Crippen LogP contribution in [-0.4, -0.2) is 94.7 Å². The Morgan fingerprint density at radius 3 is 2.43 bits per heavy atom. The number of carbonyl (C=O) groups is 3. The zero-order valence-electron chi connectivity index (χ0n) is 25.7. The van der Waals surface area contributed by atoms with Crippen molar-refractivity contribution in [2.45, 2.75) is 74.6 Å². The molecule has 1 spiro atoms. The summed E-state index contributed by atoms with van der Waals surface area (Å²) in [5.41, 5.74) is -2.13. The summed E-state index contributed by atoms with van der Waals surface area (Å²) in [7, 11) is -4.22. The van der Waals surface area contributed by atoms with Gasteiger partial charge in [0.05, 0.1) is 21.5 Å². The third-order valence-electron chi connectivity index (χ3n) is 8.29. The van der Waals surface area contributed by atoms with Crippen molar-refractivity contribution < 1.29 is 37.2 Å². The number of nitrogens with zero attached hydrogens (tertiary/aromatic N) is 5. The number of likely N-dealkylation sites (tertiary alicyclic amines) is 1. The van der Waals surface area contributed by atoms with Crippen LogP contribution >= 0.6 is 0 Å². The largest absolute Gasteiger partial charge is 0.491 e. The number of nitro benzene ring substituents is 1. The number of hydrogen-bond donors (Lipinski definition) is 0. The highest BCUT2D eigenvalue weighted by atomic mass is 32.2. The molecule has 46 heavy (non-hydrogen) atoms. The zero-order chi connectivity index (χ0) is 33.4. The Morgan fingerprint density at radius 2 is 1.83 bits per heavy atom. The van der Waals surface area contributed by atoms with E-state index >= 15 is 0 Å². The molecule has 14 nitrogen and oxygen atoms in total. The monoisotopic (exact) mass is 653 g/mol. The quantitative estimate of drug-likeness (QED) is 0.222. The molecule has 2 aliphatic heterocycles. The highest BCUT2D eigenvalue weighted by Crippen LogP contribution is 2.48. The Morgan fingerprint density at radius 1 is 1.13 bits per heavy atom. The van der Waals surface area contributed by atoms with Crippen LogP contribution in [0.1, 0.15) is 52.0 Å². The van der Waals surface area contributed by atoms with E-state index in [0.717, 1.165) is 28.6 Å². The van der Waals surface area contributed by atoms with Crippen molar-refractivity contribution in [3.63, 3.8) is 0 Å². The number of piperazine rings is 1. The van der Waals surface area contributed by atoms with Crippen LogP contribution in [-0.2, 0) is 29.1 Å². The summed E-state index contributed by atoms with van der Waals surface area (Å²) >= 11 is 0. The number of nitro groups is 1. The third-order valence-corrected chi connectivity index (χ3v) is 10.3. The molecule has 0 aromatic heterocycles. The van der Waals surface area contributed by atoms with Crippen LogP contribution in [0.15, 0.2) is 53.4 Å². The van der Waals surface area contributed by atoms with Crippen molar-refractivity contribution in [3.8, 4) is 11.8 Å². The first kappa shape index (κ1) is 32.8. The van der Waals surface area contributed by atoms with Crippen molar-refractivity contribution in [3.05, 3.63) is 64.2 Å². The van der Waals surface area contributed by atoms with Crippen LogP contribution in [0.5, 0.6) is 5.75 Å². The summed E-state index contributed by atoms with van der Waals surface area (Å²) in [6, 6.07) is 10.7. The fourth-order valence-corrected chi connectivity index (χ4v) is 7.72. The first-order valence-corrected chi connectivity index (χ1v) is 16.4. The summed E-state index contributed by atoms with van der Waals surface area (Å²) in [4.78, 5) is 54.5. The van der Waals surface area contributed by atoms with Crippen LogP contribution in [0.2, 0.25) is 0 Å². The lowest BCUT2D eigenvalue weighted by Gasteiger charge is -2.44. The first-order valence-electron chi connectivity index (χ1n) is 14.9. The molecule has 1 aliphatic carbocycles. The van der Waals surface area contributed by atoms with Crippen molar-refractivity contribution in [2.75, 3.05) is 26.2 Å². The molecular formula is C31H35N5O9S. The van der Waals surface area contributed by atoms with Gasteiger partial charge in [-0.15, -0.1) is 0 Å². The average molecular weight is 654 g/mol. The van der Waals surface area contributed by atoms with Crippen molar-refractivity contribution >= 4 is 33.5 Å². The summed E-state index contributed by atoms with van der Waals surface area (Å²) < 4.78 is 40.1. The number of sulfonamides is 1. The SMILES string of the molecule is CC(C)(C)OC(=O)[C@@H]1CCCN1C(=O)[C@H](COc1cccc(C#N)c1)N1CCN(S(=O)(=O)c2ccc([N+](=O)[O-])cc2)C2(CC2)C1=O. The number of amides is 2. The van der Waals surface area contributed by atoms with E-state index in [1.165, 1.54) is 15.9 Å². The molecule has 0 N–H and O–H groups in total.